The molecule has 6 nitrogen and oxygen atoms in total. The molecule has 0 unspecified atom stereocenters. The number of carbonyl (C=O) groups excluding carboxylic acids is 1. The lowest BCUT2D eigenvalue weighted by Crippen LogP contribution is -2.39. The highest BCUT2D eigenvalue weighted by molar-refractivity contribution is 7.99. The predicted molar refractivity (Wildman–Crippen MR) is 81.1 cm³/mol. The van der Waals surface area contributed by atoms with Gasteiger partial charge in [0.05, 0.1) is 5.75 Å². The topological polar surface area (TPSA) is 90.4 Å². The Hall–Kier alpha value is -1.73. The molecule has 2 aromatic rings. The maximum atomic E-state index is 11.9. The molecule has 21 heavy (non-hydrogen) atoms. The van der Waals surface area contributed by atoms with Gasteiger partial charge in [-0.2, -0.15) is 0 Å². The van der Waals surface area contributed by atoms with Gasteiger partial charge in [0.15, 0.2) is 5.58 Å². The van der Waals surface area contributed by atoms with Crippen molar-refractivity contribution in [2.24, 2.45) is 0 Å². The third-order valence-corrected chi connectivity index (χ3v) is 4.13. The number of nitrogen functional groups attached to an aromatic ring is 1. The number of hydrogen-bond acceptors (Lipinski definition) is 6. The number of anilines is 1. The third kappa shape index (κ3) is 3.68. The van der Waals surface area contributed by atoms with E-state index in [0.29, 0.717) is 41.0 Å². The van der Waals surface area contributed by atoms with E-state index in [1.807, 2.05) is 0 Å². The van der Waals surface area contributed by atoms with Crippen molar-refractivity contribution < 1.29 is 13.9 Å². The number of oxazole rings is 1. The normalized spacial score (nSPS) is 16.2. The number of ether oxygens (including phenoxy) is 1. The van der Waals surface area contributed by atoms with Crippen molar-refractivity contribution in [1.82, 2.24) is 10.3 Å². The van der Waals surface area contributed by atoms with Crippen LogP contribution < -0.4 is 11.1 Å². The van der Waals surface area contributed by atoms with Gasteiger partial charge in [0.1, 0.15) is 5.52 Å². The zero-order valence-corrected chi connectivity index (χ0v) is 12.3. The van der Waals surface area contributed by atoms with Crippen molar-refractivity contribution in [2.45, 2.75) is 24.1 Å². The average molecular weight is 307 g/mol. The highest BCUT2D eigenvalue weighted by Crippen LogP contribution is 2.24. The number of fused-ring (bicyclic) bond motifs is 1. The molecular weight excluding hydrogens is 290 g/mol. The highest BCUT2D eigenvalue weighted by atomic mass is 32.2. The lowest BCUT2D eigenvalue weighted by atomic mass is 10.1. The van der Waals surface area contributed by atoms with Gasteiger partial charge in [-0.3, -0.25) is 4.79 Å². The van der Waals surface area contributed by atoms with Crippen LogP contribution in [0.1, 0.15) is 12.8 Å². The van der Waals surface area contributed by atoms with Crippen LogP contribution in [0.25, 0.3) is 11.1 Å². The van der Waals surface area contributed by atoms with E-state index in [4.69, 9.17) is 14.9 Å². The van der Waals surface area contributed by atoms with Crippen LogP contribution in [0.15, 0.2) is 27.8 Å². The Labute approximate surface area is 126 Å². The molecule has 0 radical (unpaired) electrons. The van der Waals surface area contributed by atoms with Crippen LogP contribution in [0.2, 0.25) is 0 Å². The summed E-state index contributed by atoms with van der Waals surface area (Å²) in [6, 6.07) is 5.52. The molecule has 0 aliphatic carbocycles. The van der Waals surface area contributed by atoms with E-state index in [9.17, 15) is 4.79 Å². The van der Waals surface area contributed by atoms with Crippen molar-refractivity contribution in [3.05, 3.63) is 18.2 Å². The lowest BCUT2D eigenvalue weighted by molar-refractivity contribution is -0.119. The molecular formula is C14H17N3O3S. The fourth-order valence-corrected chi connectivity index (χ4v) is 2.87. The molecule has 0 spiro atoms. The largest absolute Gasteiger partial charge is 0.431 e. The molecule has 1 amide bonds. The summed E-state index contributed by atoms with van der Waals surface area (Å²) in [5.74, 6) is 0.285. The van der Waals surface area contributed by atoms with Gasteiger partial charge >= 0.3 is 0 Å². The molecule has 0 atom stereocenters. The molecule has 1 aromatic carbocycles. The molecule has 1 aromatic heterocycles. The minimum atomic E-state index is -0.00586. The second-order valence-corrected chi connectivity index (χ2v) is 5.88. The van der Waals surface area contributed by atoms with E-state index in [2.05, 4.69) is 10.3 Å². The van der Waals surface area contributed by atoms with Gasteiger partial charge in [0.25, 0.3) is 5.22 Å². The predicted octanol–water partition coefficient (Wildman–Crippen LogP) is 1.80. The first-order chi connectivity index (χ1) is 10.2. The zero-order valence-electron chi connectivity index (χ0n) is 11.5. The Morgan fingerprint density at radius 3 is 3.05 bits per heavy atom. The molecule has 3 N–H and O–H groups in total. The summed E-state index contributed by atoms with van der Waals surface area (Å²) in [5, 5.41) is 3.49. The average Bonchev–Trinajstić information content (AvgIpc) is 2.88. The molecule has 2 heterocycles. The number of carbonyl (C=O) groups is 1. The molecule has 1 aliphatic rings. The first-order valence-electron chi connectivity index (χ1n) is 6.87. The first kappa shape index (κ1) is 14.2. The zero-order chi connectivity index (χ0) is 14.7. The number of thioether (sulfide) groups is 1. The molecule has 3 rings (SSSR count). The number of nitrogens with one attached hydrogen (secondary N) is 1. The quantitative estimate of drug-likeness (QED) is 0.661. The van der Waals surface area contributed by atoms with Crippen LogP contribution >= 0.6 is 11.8 Å². The molecule has 1 aliphatic heterocycles. The van der Waals surface area contributed by atoms with Gasteiger partial charge in [-0.1, -0.05) is 11.8 Å². The number of nitrogens with two attached hydrogens (primary N) is 1. The molecule has 0 bridgehead atoms. The van der Waals surface area contributed by atoms with Crippen LogP contribution in [-0.4, -0.2) is 35.9 Å². The summed E-state index contributed by atoms with van der Waals surface area (Å²) in [6.07, 6.45) is 1.75. The van der Waals surface area contributed by atoms with Crippen molar-refractivity contribution in [2.75, 3.05) is 24.7 Å². The fraction of sp³-hybridized carbons (Fsp3) is 0.429. The Balaban J connectivity index is 1.54. The standard InChI is InChI=1S/C14H17N3O3S/c15-9-1-2-12-11(7-9)17-14(20-12)21-8-13(18)16-10-3-5-19-6-4-10/h1-2,7,10H,3-6,8,15H2,(H,16,18). The summed E-state index contributed by atoms with van der Waals surface area (Å²) in [5.41, 5.74) is 7.73. The maximum Gasteiger partial charge on any atom is 0.257 e. The SMILES string of the molecule is Nc1ccc2oc(SCC(=O)NC3CCOCC3)nc2c1. The minimum absolute atomic E-state index is 0.00586. The van der Waals surface area contributed by atoms with Crippen LogP contribution in [0.3, 0.4) is 0 Å². The van der Waals surface area contributed by atoms with Gasteiger partial charge in [-0.25, -0.2) is 4.98 Å². The number of hydrogen-bond donors (Lipinski definition) is 2. The van der Waals surface area contributed by atoms with Crippen LogP contribution in [-0.2, 0) is 9.53 Å². The number of rotatable bonds is 4. The Morgan fingerprint density at radius 1 is 1.43 bits per heavy atom. The van der Waals surface area contributed by atoms with E-state index in [-0.39, 0.29) is 11.9 Å². The van der Waals surface area contributed by atoms with E-state index in [0.717, 1.165) is 12.8 Å². The van der Waals surface area contributed by atoms with Crippen LogP contribution in [0, 0.1) is 0 Å². The fourth-order valence-electron chi connectivity index (χ4n) is 2.22. The first-order valence-corrected chi connectivity index (χ1v) is 7.85. The molecule has 1 saturated heterocycles. The monoisotopic (exact) mass is 307 g/mol. The molecule has 1 fully saturated rings. The summed E-state index contributed by atoms with van der Waals surface area (Å²) in [4.78, 5) is 16.2. The second kappa shape index (κ2) is 6.36. The van der Waals surface area contributed by atoms with Crippen molar-refractivity contribution >= 4 is 34.5 Å². The van der Waals surface area contributed by atoms with Crippen molar-refractivity contribution in [3.63, 3.8) is 0 Å². The van der Waals surface area contributed by atoms with Crippen molar-refractivity contribution in [3.8, 4) is 0 Å². The van der Waals surface area contributed by atoms with E-state index < -0.39 is 0 Å². The van der Waals surface area contributed by atoms with Gasteiger partial charge in [0.2, 0.25) is 5.91 Å². The van der Waals surface area contributed by atoms with Gasteiger partial charge < -0.3 is 20.2 Å². The number of amides is 1. The lowest BCUT2D eigenvalue weighted by Gasteiger charge is -2.22. The molecule has 7 heteroatoms. The van der Waals surface area contributed by atoms with E-state index >= 15 is 0 Å². The third-order valence-electron chi connectivity index (χ3n) is 3.31. The summed E-state index contributed by atoms with van der Waals surface area (Å²) < 4.78 is 10.8. The maximum absolute atomic E-state index is 11.9. The smallest absolute Gasteiger partial charge is 0.257 e. The molecule has 0 saturated carbocycles. The number of benzene rings is 1. The summed E-state index contributed by atoms with van der Waals surface area (Å²) in [6.45, 7) is 1.43. The number of nitrogens with zero attached hydrogens (tertiary/aromatic N) is 1. The Morgan fingerprint density at radius 2 is 2.24 bits per heavy atom. The highest BCUT2D eigenvalue weighted by Gasteiger charge is 2.16. The van der Waals surface area contributed by atoms with Crippen molar-refractivity contribution in [1.29, 1.82) is 0 Å². The minimum Gasteiger partial charge on any atom is -0.431 e. The van der Waals surface area contributed by atoms with E-state index in [1.54, 1.807) is 18.2 Å². The summed E-state index contributed by atoms with van der Waals surface area (Å²) in [7, 11) is 0. The van der Waals surface area contributed by atoms with Crippen LogP contribution in [0.5, 0.6) is 0 Å². The van der Waals surface area contributed by atoms with E-state index in [1.165, 1.54) is 11.8 Å². The van der Waals surface area contributed by atoms with Gasteiger partial charge in [0, 0.05) is 24.9 Å². The van der Waals surface area contributed by atoms with Crippen LogP contribution in [0.4, 0.5) is 5.69 Å². The Bertz CT molecular complexity index is 637. The molecule has 112 valence electrons. The second-order valence-electron chi connectivity index (χ2n) is 4.95. The van der Waals surface area contributed by atoms with Gasteiger partial charge in [-0.15, -0.1) is 0 Å². The Kier molecular flexibility index (Phi) is 4.31. The van der Waals surface area contributed by atoms with Gasteiger partial charge in [-0.05, 0) is 31.0 Å². The number of aromatic nitrogens is 1. The summed E-state index contributed by atoms with van der Waals surface area (Å²) >= 11 is 1.29.